The highest BCUT2D eigenvalue weighted by Crippen LogP contribution is 2.16. The van der Waals surface area contributed by atoms with Crippen LogP contribution in [-0.2, 0) is 9.84 Å². The number of nitrogens with one attached hydrogen (secondary N) is 1. The molecule has 16 heavy (non-hydrogen) atoms. The van der Waals surface area contributed by atoms with Crippen LogP contribution in [0.5, 0.6) is 0 Å². The Labute approximate surface area is 91.3 Å². The van der Waals surface area contributed by atoms with Gasteiger partial charge in [0.25, 0.3) is 0 Å². The summed E-state index contributed by atoms with van der Waals surface area (Å²) in [7, 11) is -3.44. The van der Waals surface area contributed by atoms with Gasteiger partial charge in [0.05, 0.1) is 5.39 Å². The fourth-order valence-corrected chi connectivity index (χ4v) is 2.26. The van der Waals surface area contributed by atoms with E-state index in [0.717, 1.165) is 6.26 Å². The zero-order valence-corrected chi connectivity index (χ0v) is 9.50. The Hall–Kier alpha value is -1.76. The highest BCUT2D eigenvalue weighted by atomic mass is 32.2. The minimum atomic E-state index is -3.44. The lowest BCUT2D eigenvalue weighted by molar-refractivity contribution is 0.598. The van der Waals surface area contributed by atoms with Crippen LogP contribution < -0.4 is 5.56 Å². The lowest BCUT2D eigenvalue weighted by atomic mass is 10.3. The fraction of sp³-hybridized carbons (Fsp3) is 0.222. The summed E-state index contributed by atoms with van der Waals surface area (Å²) >= 11 is 0. The number of nitrogens with zero attached hydrogens (tertiary/aromatic N) is 2. The number of sulfone groups is 1. The molecule has 2 aromatic rings. The summed E-state index contributed by atoms with van der Waals surface area (Å²) in [6, 6.07) is 2.65. The Morgan fingerprint density at radius 3 is 2.56 bits per heavy atom. The molecule has 0 fully saturated rings. The molecule has 0 saturated carbocycles. The molecular formula is C9H9N3O3S. The molecule has 0 spiro atoms. The van der Waals surface area contributed by atoms with Crippen molar-refractivity contribution >= 4 is 20.9 Å². The first kappa shape index (κ1) is 10.7. The van der Waals surface area contributed by atoms with Crippen LogP contribution in [0.2, 0.25) is 0 Å². The van der Waals surface area contributed by atoms with Crippen molar-refractivity contribution in [2.45, 2.75) is 11.9 Å². The molecule has 2 heterocycles. The summed E-state index contributed by atoms with van der Waals surface area (Å²) in [5, 5.41) is 0.263. The summed E-state index contributed by atoms with van der Waals surface area (Å²) in [6.07, 6.45) is 1.07. The van der Waals surface area contributed by atoms with Gasteiger partial charge >= 0.3 is 0 Å². The normalized spacial score (nSPS) is 11.9. The molecule has 2 rings (SSSR count). The van der Waals surface area contributed by atoms with Gasteiger partial charge in [0, 0.05) is 12.3 Å². The highest BCUT2D eigenvalue weighted by molar-refractivity contribution is 7.90. The number of hydrogen-bond acceptors (Lipinski definition) is 5. The number of aryl methyl sites for hydroxylation is 1. The number of hydrogen-bond donors (Lipinski definition) is 1. The summed E-state index contributed by atoms with van der Waals surface area (Å²) in [6.45, 7) is 1.57. The van der Waals surface area contributed by atoms with Crippen molar-refractivity contribution in [2.75, 3.05) is 6.26 Å². The van der Waals surface area contributed by atoms with Crippen LogP contribution in [0.25, 0.3) is 11.0 Å². The molecule has 0 aromatic carbocycles. The molecule has 0 aliphatic heterocycles. The third-order valence-corrected chi connectivity index (χ3v) is 3.03. The minimum absolute atomic E-state index is 0.0637. The van der Waals surface area contributed by atoms with Crippen LogP contribution in [0.3, 0.4) is 0 Å². The molecular weight excluding hydrogens is 230 g/mol. The van der Waals surface area contributed by atoms with Gasteiger partial charge in [0.15, 0.2) is 14.9 Å². The Morgan fingerprint density at radius 1 is 1.25 bits per heavy atom. The van der Waals surface area contributed by atoms with E-state index in [1.165, 1.54) is 12.1 Å². The Kier molecular flexibility index (Phi) is 2.27. The first-order valence-electron chi connectivity index (χ1n) is 4.45. The molecule has 2 aromatic heterocycles. The van der Waals surface area contributed by atoms with Gasteiger partial charge in [-0.1, -0.05) is 0 Å². The Bertz CT molecular complexity index is 718. The predicted molar refractivity (Wildman–Crippen MR) is 58.0 cm³/mol. The number of aromatic nitrogens is 3. The zero-order valence-electron chi connectivity index (χ0n) is 8.68. The van der Waals surface area contributed by atoms with E-state index in [0.29, 0.717) is 11.2 Å². The van der Waals surface area contributed by atoms with Gasteiger partial charge in [0.1, 0.15) is 11.5 Å². The second kappa shape index (κ2) is 3.38. The van der Waals surface area contributed by atoms with Gasteiger partial charge in [-0.2, -0.15) is 0 Å². The second-order valence-electron chi connectivity index (χ2n) is 3.43. The number of pyridine rings is 1. The van der Waals surface area contributed by atoms with Gasteiger partial charge < -0.3 is 4.98 Å². The first-order valence-corrected chi connectivity index (χ1v) is 6.35. The van der Waals surface area contributed by atoms with Gasteiger partial charge in [0.2, 0.25) is 5.56 Å². The molecule has 0 aliphatic carbocycles. The van der Waals surface area contributed by atoms with Crippen molar-refractivity contribution in [2.24, 2.45) is 0 Å². The molecule has 0 amide bonds. The minimum Gasteiger partial charge on any atom is -0.306 e. The summed E-state index contributed by atoms with van der Waals surface area (Å²) in [5.74, 6) is 0.301. The van der Waals surface area contributed by atoms with E-state index in [4.69, 9.17) is 0 Å². The summed E-state index contributed by atoms with van der Waals surface area (Å²) in [5.41, 5.74) is -0.0922. The maximum absolute atomic E-state index is 11.5. The summed E-state index contributed by atoms with van der Waals surface area (Å²) in [4.78, 5) is 21.4. The largest absolute Gasteiger partial charge is 0.306 e. The lowest BCUT2D eigenvalue weighted by Crippen LogP contribution is -2.09. The molecule has 84 valence electrons. The van der Waals surface area contributed by atoms with Crippen LogP contribution >= 0.6 is 0 Å². The van der Waals surface area contributed by atoms with Crippen LogP contribution in [-0.4, -0.2) is 29.6 Å². The number of fused-ring (bicyclic) bond motifs is 1. The van der Waals surface area contributed by atoms with E-state index in [2.05, 4.69) is 15.0 Å². The van der Waals surface area contributed by atoms with Gasteiger partial charge in [-0.25, -0.2) is 18.4 Å². The van der Waals surface area contributed by atoms with Crippen LogP contribution in [0.1, 0.15) is 5.82 Å². The molecule has 0 bridgehead atoms. The van der Waals surface area contributed by atoms with Gasteiger partial charge in [-0.3, -0.25) is 4.79 Å². The fourth-order valence-electron chi connectivity index (χ4n) is 1.40. The maximum atomic E-state index is 11.5. The number of aromatic amines is 1. The molecule has 0 atom stereocenters. The van der Waals surface area contributed by atoms with Crippen molar-refractivity contribution < 1.29 is 8.42 Å². The SMILES string of the molecule is Cc1nc(S(C)(=O)=O)c2ccc(=O)[nH]c2n1. The van der Waals surface area contributed by atoms with E-state index >= 15 is 0 Å². The van der Waals surface area contributed by atoms with E-state index in [-0.39, 0.29) is 16.2 Å². The van der Waals surface area contributed by atoms with Crippen molar-refractivity contribution in [1.29, 1.82) is 0 Å². The van der Waals surface area contributed by atoms with Gasteiger partial charge in [-0.15, -0.1) is 0 Å². The molecule has 1 N–H and O–H groups in total. The maximum Gasteiger partial charge on any atom is 0.249 e. The molecule has 7 heteroatoms. The second-order valence-corrected chi connectivity index (χ2v) is 5.36. The first-order chi connectivity index (χ1) is 7.38. The highest BCUT2D eigenvalue weighted by Gasteiger charge is 2.15. The average molecular weight is 239 g/mol. The third-order valence-electron chi connectivity index (χ3n) is 2.02. The van der Waals surface area contributed by atoms with E-state index in [9.17, 15) is 13.2 Å². The Morgan fingerprint density at radius 2 is 1.94 bits per heavy atom. The van der Waals surface area contributed by atoms with Crippen LogP contribution in [0.15, 0.2) is 22.0 Å². The number of rotatable bonds is 1. The smallest absolute Gasteiger partial charge is 0.249 e. The molecule has 6 nitrogen and oxygen atoms in total. The standard InChI is InChI=1S/C9H9N3O3S/c1-5-10-8-6(3-4-7(13)12-8)9(11-5)16(2,14)15/h3-4H,1-2H3,(H,10,11,12,13). The van der Waals surface area contributed by atoms with E-state index in [1.807, 2.05) is 0 Å². The van der Waals surface area contributed by atoms with Crippen LogP contribution in [0.4, 0.5) is 0 Å². The monoisotopic (exact) mass is 239 g/mol. The predicted octanol–water partition coefficient (Wildman–Crippen LogP) is 0.0300. The molecule has 0 saturated heterocycles. The van der Waals surface area contributed by atoms with Gasteiger partial charge in [-0.05, 0) is 13.0 Å². The zero-order chi connectivity index (χ0) is 11.9. The van der Waals surface area contributed by atoms with E-state index < -0.39 is 9.84 Å². The average Bonchev–Trinajstić information content (AvgIpc) is 2.14. The lowest BCUT2D eigenvalue weighted by Gasteiger charge is -2.03. The summed E-state index contributed by atoms with van der Waals surface area (Å²) < 4.78 is 23.0. The van der Waals surface area contributed by atoms with Crippen molar-refractivity contribution in [3.63, 3.8) is 0 Å². The topological polar surface area (TPSA) is 92.8 Å². The van der Waals surface area contributed by atoms with Crippen molar-refractivity contribution in [1.82, 2.24) is 15.0 Å². The Balaban J connectivity index is 3.00. The van der Waals surface area contributed by atoms with Crippen LogP contribution in [0, 0.1) is 6.92 Å². The number of H-pyrrole nitrogens is 1. The van der Waals surface area contributed by atoms with E-state index in [1.54, 1.807) is 6.92 Å². The quantitative estimate of drug-likeness (QED) is 0.709. The van der Waals surface area contributed by atoms with Crippen molar-refractivity contribution in [3.8, 4) is 0 Å². The molecule has 0 unspecified atom stereocenters. The van der Waals surface area contributed by atoms with Crippen molar-refractivity contribution in [3.05, 3.63) is 28.3 Å². The molecule has 0 aliphatic rings. The third kappa shape index (κ3) is 1.81. The molecule has 0 radical (unpaired) electrons.